The molecular formula is C9H20BrNO2S. The van der Waals surface area contributed by atoms with Gasteiger partial charge in [-0.1, -0.05) is 22.9 Å². The molecule has 3 nitrogen and oxygen atoms in total. The smallest absolute Gasteiger partial charge is 0.151 e. The van der Waals surface area contributed by atoms with Crippen LogP contribution in [-0.2, 0) is 9.84 Å². The van der Waals surface area contributed by atoms with Crippen LogP contribution in [0.1, 0.15) is 27.2 Å². The minimum Gasteiger partial charge on any atom is -0.311 e. The van der Waals surface area contributed by atoms with Gasteiger partial charge in [-0.2, -0.15) is 0 Å². The van der Waals surface area contributed by atoms with Crippen molar-refractivity contribution < 1.29 is 8.42 Å². The third kappa shape index (κ3) is 6.79. The average Bonchev–Trinajstić information content (AvgIpc) is 2.03. The van der Waals surface area contributed by atoms with Gasteiger partial charge in [0.25, 0.3) is 0 Å². The fraction of sp³-hybridized carbons (Fsp3) is 1.00. The Morgan fingerprint density at radius 1 is 1.36 bits per heavy atom. The first-order chi connectivity index (χ1) is 6.33. The molecule has 0 rings (SSSR count). The molecule has 14 heavy (non-hydrogen) atoms. The van der Waals surface area contributed by atoms with Crippen LogP contribution in [-0.4, -0.2) is 37.3 Å². The molecule has 0 heterocycles. The Bertz CT molecular complexity index is 250. The quantitative estimate of drug-likeness (QED) is 0.723. The lowest BCUT2D eigenvalue weighted by Crippen LogP contribution is -2.42. The Kier molecular flexibility index (Phi) is 6.25. The van der Waals surface area contributed by atoms with Crippen molar-refractivity contribution in [1.82, 2.24) is 5.32 Å². The molecule has 0 fully saturated rings. The second-order valence-corrected chi connectivity index (χ2v) is 7.25. The van der Waals surface area contributed by atoms with Gasteiger partial charge in [0, 0.05) is 23.2 Å². The maximum Gasteiger partial charge on any atom is 0.151 e. The average molecular weight is 286 g/mol. The van der Waals surface area contributed by atoms with E-state index in [0.717, 1.165) is 11.8 Å². The highest BCUT2D eigenvalue weighted by Gasteiger charge is 2.16. The molecule has 0 bridgehead atoms. The molecular weight excluding hydrogens is 266 g/mol. The normalized spacial score (nSPS) is 13.1. The van der Waals surface area contributed by atoms with Crippen LogP contribution in [0.15, 0.2) is 0 Å². The number of halogens is 1. The summed E-state index contributed by atoms with van der Waals surface area (Å²) in [6.07, 6.45) is 0.985. The highest BCUT2D eigenvalue weighted by molar-refractivity contribution is 9.09. The van der Waals surface area contributed by atoms with Crippen LogP contribution in [0.25, 0.3) is 0 Å². The van der Waals surface area contributed by atoms with Crippen molar-refractivity contribution in [1.29, 1.82) is 0 Å². The molecule has 0 radical (unpaired) electrons. The van der Waals surface area contributed by atoms with E-state index in [1.165, 1.54) is 0 Å². The van der Waals surface area contributed by atoms with Crippen molar-refractivity contribution in [3.8, 4) is 0 Å². The predicted molar refractivity (Wildman–Crippen MR) is 64.8 cm³/mol. The monoisotopic (exact) mass is 285 g/mol. The standard InChI is InChI=1S/C9H20BrNO2S/c1-4-14(12,13)8-7-11-9(2,3)5-6-10/h11H,4-8H2,1-3H3. The summed E-state index contributed by atoms with van der Waals surface area (Å²) in [6, 6.07) is 0. The molecule has 0 atom stereocenters. The molecule has 1 N–H and O–H groups in total. The molecule has 0 aromatic rings. The second kappa shape index (κ2) is 6.08. The molecule has 0 aromatic carbocycles. The van der Waals surface area contributed by atoms with E-state index < -0.39 is 9.84 Å². The molecule has 0 saturated carbocycles. The molecule has 0 aliphatic rings. The number of alkyl halides is 1. The maximum absolute atomic E-state index is 11.2. The van der Waals surface area contributed by atoms with Crippen LogP contribution in [0.2, 0.25) is 0 Å². The predicted octanol–water partition coefficient (Wildman–Crippen LogP) is 1.57. The molecule has 86 valence electrons. The summed E-state index contributed by atoms with van der Waals surface area (Å²) in [5.74, 6) is 0.461. The van der Waals surface area contributed by atoms with Gasteiger partial charge in [-0.25, -0.2) is 8.42 Å². The summed E-state index contributed by atoms with van der Waals surface area (Å²) in [7, 11) is -2.83. The first kappa shape index (κ1) is 14.4. The minimum atomic E-state index is -2.83. The van der Waals surface area contributed by atoms with E-state index >= 15 is 0 Å². The van der Waals surface area contributed by atoms with Crippen molar-refractivity contribution in [3.05, 3.63) is 0 Å². The molecule has 5 heteroatoms. The maximum atomic E-state index is 11.2. The number of hydrogen-bond donors (Lipinski definition) is 1. The molecule has 0 amide bonds. The van der Waals surface area contributed by atoms with E-state index in [4.69, 9.17) is 0 Å². The summed E-state index contributed by atoms with van der Waals surface area (Å²) in [5, 5.41) is 4.17. The third-order valence-electron chi connectivity index (χ3n) is 2.18. The number of hydrogen-bond acceptors (Lipinski definition) is 3. The molecule has 0 unspecified atom stereocenters. The molecule has 0 aliphatic carbocycles. The van der Waals surface area contributed by atoms with E-state index in [1.807, 2.05) is 0 Å². The zero-order chi connectivity index (χ0) is 11.2. The van der Waals surface area contributed by atoms with Gasteiger partial charge in [-0.15, -0.1) is 0 Å². The summed E-state index contributed by atoms with van der Waals surface area (Å²) >= 11 is 3.37. The molecule has 0 saturated heterocycles. The largest absolute Gasteiger partial charge is 0.311 e. The molecule has 0 aliphatic heterocycles. The second-order valence-electron chi connectivity index (χ2n) is 3.99. The van der Waals surface area contributed by atoms with E-state index in [2.05, 4.69) is 35.1 Å². The van der Waals surface area contributed by atoms with Gasteiger partial charge >= 0.3 is 0 Å². The van der Waals surface area contributed by atoms with Crippen LogP contribution >= 0.6 is 15.9 Å². The SMILES string of the molecule is CCS(=O)(=O)CCNC(C)(C)CCBr. The van der Waals surface area contributed by atoms with Crippen molar-refractivity contribution >= 4 is 25.8 Å². The van der Waals surface area contributed by atoms with Crippen molar-refractivity contribution in [2.45, 2.75) is 32.7 Å². The van der Waals surface area contributed by atoms with Gasteiger partial charge in [0.1, 0.15) is 0 Å². The number of rotatable bonds is 7. The first-order valence-electron chi connectivity index (χ1n) is 4.84. The molecule has 0 aromatic heterocycles. The minimum absolute atomic E-state index is 0.00671. The highest BCUT2D eigenvalue weighted by Crippen LogP contribution is 2.09. The topological polar surface area (TPSA) is 46.2 Å². The number of nitrogens with one attached hydrogen (secondary N) is 1. The lowest BCUT2D eigenvalue weighted by Gasteiger charge is -2.25. The van der Waals surface area contributed by atoms with E-state index in [1.54, 1.807) is 6.92 Å². The Morgan fingerprint density at radius 3 is 2.36 bits per heavy atom. The van der Waals surface area contributed by atoms with Crippen molar-refractivity contribution in [2.24, 2.45) is 0 Å². The van der Waals surface area contributed by atoms with Crippen molar-refractivity contribution in [2.75, 3.05) is 23.4 Å². The lowest BCUT2D eigenvalue weighted by molar-refractivity contribution is 0.390. The van der Waals surface area contributed by atoms with E-state index in [9.17, 15) is 8.42 Å². The van der Waals surface area contributed by atoms with Crippen LogP contribution in [0, 0.1) is 0 Å². The first-order valence-corrected chi connectivity index (χ1v) is 7.78. The van der Waals surface area contributed by atoms with E-state index in [0.29, 0.717) is 6.54 Å². The van der Waals surface area contributed by atoms with Crippen molar-refractivity contribution in [3.63, 3.8) is 0 Å². The van der Waals surface area contributed by atoms with Gasteiger partial charge in [0.05, 0.1) is 5.75 Å². The molecule has 0 spiro atoms. The van der Waals surface area contributed by atoms with Crippen LogP contribution in [0.4, 0.5) is 0 Å². The summed E-state index contributed by atoms with van der Waals surface area (Å²) < 4.78 is 22.4. The van der Waals surface area contributed by atoms with Gasteiger partial charge < -0.3 is 5.32 Å². The van der Waals surface area contributed by atoms with Crippen LogP contribution < -0.4 is 5.32 Å². The Balaban J connectivity index is 3.85. The van der Waals surface area contributed by atoms with Gasteiger partial charge in [-0.3, -0.25) is 0 Å². The van der Waals surface area contributed by atoms with Gasteiger partial charge in [0.2, 0.25) is 0 Å². The zero-order valence-corrected chi connectivity index (χ0v) is 11.5. The Morgan fingerprint density at radius 2 is 1.93 bits per heavy atom. The lowest BCUT2D eigenvalue weighted by atomic mass is 10.0. The van der Waals surface area contributed by atoms with E-state index in [-0.39, 0.29) is 17.0 Å². The third-order valence-corrected chi connectivity index (χ3v) is 4.28. The summed E-state index contributed by atoms with van der Waals surface area (Å²) in [4.78, 5) is 0. The Hall–Kier alpha value is 0.390. The van der Waals surface area contributed by atoms with Crippen LogP contribution in [0.5, 0.6) is 0 Å². The highest BCUT2D eigenvalue weighted by atomic mass is 79.9. The Labute approximate surface area is 95.7 Å². The zero-order valence-electron chi connectivity index (χ0n) is 9.14. The summed E-state index contributed by atoms with van der Waals surface area (Å²) in [6.45, 7) is 6.37. The van der Waals surface area contributed by atoms with Gasteiger partial charge in [0.15, 0.2) is 9.84 Å². The summed E-state index contributed by atoms with van der Waals surface area (Å²) in [5.41, 5.74) is 0.00671. The fourth-order valence-corrected chi connectivity index (χ4v) is 2.71. The van der Waals surface area contributed by atoms with Crippen LogP contribution in [0.3, 0.4) is 0 Å². The number of sulfone groups is 1. The fourth-order valence-electron chi connectivity index (χ4n) is 1.01. The van der Waals surface area contributed by atoms with Gasteiger partial charge in [-0.05, 0) is 20.3 Å².